The van der Waals surface area contributed by atoms with Crippen LogP contribution < -0.4 is 5.73 Å². The maximum Gasteiger partial charge on any atom is 0.173 e. The lowest BCUT2D eigenvalue weighted by Gasteiger charge is -2.03. The number of rotatable bonds is 2. The monoisotopic (exact) mass is 209 g/mol. The van der Waals surface area contributed by atoms with Crippen LogP contribution in [0.2, 0.25) is 5.02 Å². The van der Waals surface area contributed by atoms with Crippen molar-refractivity contribution in [3.05, 3.63) is 35.5 Å². The molecule has 2 rings (SSSR count). The van der Waals surface area contributed by atoms with E-state index in [9.17, 15) is 0 Å². The minimum atomic E-state index is 0.421. The highest BCUT2D eigenvalue weighted by Crippen LogP contribution is 2.17. The summed E-state index contributed by atoms with van der Waals surface area (Å²) in [6.45, 7) is 0.421. The van der Waals surface area contributed by atoms with E-state index in [1.165, 1.54) is 17.3 Å². The first-order chi connectivity index (χ1) is 6.81. The second kappa shape index (κ2) is 3.73. The van der Waals surface area contributed by atoms with Gasteiger partial charge >= 0.3 is 0 Å². The Kier molecular flexibility index (Phi) is 2.43. The zero-order valence-electron chi connectivity index (χ0n) is 7.26. The minimum absolute atomic E-state index is 0.421. The van der Waals surface area contributed by atoms with E-state index < -0.39 is 0 Å². The topological polar surface area (TPSA) is 69.6 Å². The Bertz CT molecular complexity index is 425. The van der Waals surface area contributed by atoms with Crippen LogP contribution in [0.4, 0.5) is 0 Å². The number of halogens is 1. The molecule has 0 atom stereocenters. The third kappa shape index (κ3) is 1.59. The normalized spacial score (nSPS) is 10.4. The first-order valence-corrected chi connectivity index (χ1v) is 4.38. The van der Waals surface area contributed by atoms with Gasteiger partial charge in [0.25, 0.3) is 0 Å². The molecular weight excluding hydrogens is 202 g/mol. The number of hydrogen-bond donors (Lipinski definition) is 1. The lowest BCUT2D eigenvalue weighted by atomic mass is 10.3. The molecule has 0 aliphatic rings. The average Bonchev–Trinajstić information content (AvgIpc) is 2.70. The summed E-state index contributed by atoms with van der Waals surface area (Å²) in [4.78, 5) is 7.95. The number of nitrogens with two attached hydrogens (primary N) is 1. The highest BCUT2D eigenvalue weighted by Gasteiger charge is 2.05. The minimum Gasteiger partial charge on any atom is -0.326 e. The van der Waals surface area contributed by atoms with Crippen molar-refractivity contribution in [2.24, 2.45) is 5.73 Å². The average molecular weight is 210 g/mol. The lowest BCUT2D eigenvalue weighted by molar-refractivity contribution is 0.841. The number of aromatic nitrogens is 4. The van der Waals surface area contributed by atoms with Gasteiger partial charge in [0.15, 0.2) is 5.82 Å². The van der Waals surface area contributed by atoms with Crippen molar-refractivity contribution in [1.29, 1.82) is 0 Å². The van der Waals surface area contributed by atoms with Crippen molar-refractivity contribution >= 4 is 11.6 Å². The molecule has 0 saturated carbocycles. The van der Waals surface area contributed by atoms with Gasteiger partial charge in [0, 0.05) is 12.7 Å². The molecule has 0 aromatic carbocycles. The van der Waals surface area contributed by atoms with E-state index in [0.717, 1.165) is 5.56 Å². The van der Waals surface area contributed by atoms with Crippen LogP contribution in [0.25, 0.3) is 5.82 Å². The van der Waals surface area contributed by atoms with Gasteiger partial charge in [-0.25, -0.2) is 14.6 Å². The molecule has 5 nitrogen and oxygen atoms in total. The Morgan fingerprint density at radius 1 is 1.50 bits per heavy atom. The van der Waals surface area contributed by atoms with Crippen LogP contribution in [0, 0.1) is 0 Å². The van der Waals surface area contributed by atoms with Gasteiger partial charge in [-0.3, -0.25) is 0 Å². The maximum atomic E-state index is 5.99. The molecule has 2 aromatic rings. The standard InChI is InChI=1S/C8H8ClN5/c9-7-1-6(2-10)3-12-8(7)14-5-11-4-13-14/h1,3-5H,2,10H2. The zero-order chi connectivity index (χ0) is 9.97. The largest absolute Gasteiger partial charge is 0.326 e. The van der Waals surface area contributed by atoms with E-state index in [0.29, 0.717) is 17.4 Å². The summed E-state index contributed by atoms with van der Waals surface area (Å²) in [5.74, 6) is 0.557. The van der Waals surface area contributed by atoms with Gasteiger partial charge in [0.05, 0.1) is 5.02 Å². The van der Waals surface area contributed by atoms with E-state index in [4.69, 9.17) is 17.3 Å². The third-order valence-corrected chi connectivity index (χ3v) is 2.03. The fourth-order valence-corrected chi connectivity index (χ4v) is 1.34. The molecule has 0 radical (unpaired) electrons. The number of nitrogens with zero attached hydrogens (tertiary/aromatic N) is 4. The van der Waals surface area contributed by atoms with Crippen LogP contribution in [-0.4, -0.2) is 19.7 Å². The summed E-state index contributed by atoms with van der Waals surface area (Å²) in [5, 5.41) is 4.44. The van der Waals surface area contributed by atoms with Gasteiger partial charge in [0.1, 0.15) is 12.7 Å². The van der Waals surface area contributed by atoms with Gasteiger partial charge in [-0.05, 0) is 11.6 Å². The Labute approximate surface area is 85.5 Å². The van der Waals surface area contributed by atoms with Crippen molar-refractivity contribution in [2.75, 3.05) is 0 Å². The summed E-state index contributed by atoms with van der Waals surface area (Å²) in [5.41, 5.74) is 6.34. The van der Waals surface area contributed by atoms with E-state index in [1.54, 1.807) is 12.3 Å². The summed E-state index contributed by atoms with van der Waals surface area (Å²) in [6, 6.07) is 1.77. The molecule has 0 bridgehead atoms. The maximum absolute atomic E-state index is 5.99. The summed E-state index contributed by atoms with van der Waals surface area (Å²) in [6.07, 6.45) is 4.63. The SMILES string of the molecule is NCc1cnc(-n2cncn2)c(Cl)c1. The molecule has 0 spiro atoms. The highest BCUT2D eigenvalue weighted by molar-refractivity contribution is 6.32. The number of hydrogen-bond acceptors (Lipinski definition) is 4. The first kappa shape index (κ1) is 9.11. The van der Waals surface area contributed by atoms with Gasteiger partial charge in [-0.15, -0.1) is 0 Å². The molecular formula is C8H8ClN5. The molecule has 0 fully saturated rings. The van der Waals surface area contributed by atoms with Crippen LogP contribution in [0.3, 0.4) is 0 Å². The van der Waals surface area contributed by atoms with E-state index in [1.807, 2.05) is 0 Å². The van der Waals surface area contributed by atoms with E-state index in [2.05, 4.69) is 15.1 Å². The Morgan fingerprint density at radius 2 is 2.36 bits per heavy atom. The fraction of sp³-hybridized carbons (Fsp3) is 0.125. The van der Waals surface area contributed by atoms with Crippen LogP contribution >= 0.6 is 11.6 Å². The number of pyridine rings is 1. The molecule has 6 heteroatoms. The molecule has 0 saturated heterocycles. The van der Waals surface area contributed by atoms with E-state index >= 15 is 0 Å². The summed E-state index contributed by atoms with van der Waals surface area (Å²) >= 11 is 5.99. The van der Waals surface area contributed by atoms with Crippen LogP contribution in [0.1, 0.15) is 5.56 Å². The fourth-order valence-electron chi connectivity index (χ4n) is 1.07. The van der Waals surface area contributed by atoms with Gasteiger partial charge in [-0.1, -0.05) is 11.6 Å². The second-order valence-electron chi connectivity index (χ2n) is 2.69. The lowest BCUT2D eigenvalue weighted by Crippen LogP contribution is -2.02. The van der Waals surface area contributed by atoms with Crippen LogP contribution in [0.15, 0.2) is 24.9 Å². The molecule has 14 heavy (non-hydrogen) atoms. The molecule has 0 unspecified atom stereocenters. The Morgan fingerprint density at radius 3 is 2.93 bits per heavy atom. The smallest absolute Gasteiger partial charge is 0.173 e. The predicted molar refractivity (Wildman–Crippen MR) is 52.1 cm³/mol. The van der Waals surface area contributed by atoms with Crippen molar-refractivity contribution in [3.8, 4) is 5.82 Å². The molecule has 0 aliphatic carbocycles. The van der Waals surface area contributed by atoms with Gasteiger partial charge < -0.3 is 5.73 Å². The van der Waals surface area contributed by atoms with Gasteiger partial charge in [0.2, 0.25) is 0 Å². The second-order valence-corrected chi connectivity index (χ2v) is 3.10. The highest BCUT2D eigenvalue weighted by atomic mass is 35.5. The van der Waals surface area contributed by atoms with Gasteiger partial charge in [-0.2, -0.15) is 5.10 Å². The van der Waals surface area contributed by atoms with E-state index in [-0.39, 0.29) is 0 Å². The summed E-state index contributed by atoms with van der Waals surface area (Å²) < 4.78 is 1.50. The molecule has 0 amide bonds. The Balaban J connectivity index is 2.46. The quantitative estimate of drug-likeness (QED) is 0.794. The molecule has 2 N–H and O–H groups in total. The predicted octanol–water partition coefficient (Wildman–Crippen LogP) is 0.774. The molecule has 0 aliphatic heterocycles. The van der Waals surface area contributed by atoms with Crippen LogP contribution in [0.5, 0.6) is 0 Å². The molecule has 2 aromatic heterocycles. The molecule has 72 valence electrons. The summed E-state index contributed by atoms with van der Waals surface area (Å²) in [7, 11) is 0. The van der Waals surface area contributed by atoms with Crippen molar-refractivity contribution in [1.82, 2.24) is 19.7 Å². The van der Waals surface area contributed by atoms with Crippen molar-refractivity contribution in [3.63, 3.8) is 0 Å². The van der Waals surface area contributed by atoms with Crippen molar-refractivity contribution in [2.45, 2.75) is 6.54 Å². The molecule has 2 heterocycles. The third-order valence-electron chi connectivity index (χ3n) is 1.75. The Hall–Kier alpha value is -1.46. The van der Waals surface area contributed by atoms with Crippen molar-refractivity contribution < 1.29 is 0 Å². The first-order valence-electron chi connectivity index (χ1n) is 4.01. The zero-order valence-corrected chi connectivity index (χ0v) is 8.02. The van der Waals surface area contributed by atoms with Crippen LogP contribution in [-0.2, 0) is 6.54 Å².